The van der Waals surface area contributed by atoms with Crippen molar-refractivity contribution in [3.63, 3.8) is 0 Å². The number of nitrogens with one attached hydrogen (secondary N) is 1. The topological polar surface area (TPSA) is 130 Å². The van der Waals surface area contributed by atoms with Gasteiger partial charge in [-0.15, -0.1) is 0 Å². The van der Waals surface area contributed by atoms with Crippen molar-refractivity contribution in [2.75, 3.05) is 12.1 Å². The third kappa shape index (κ3) is 4.84. The Bertz CT molecular complexity index is 1660. The molecular formula is C24H20F3N5O6. The molecule has 1 amide bonds. The Kier molecular flexibility index (Phi) is 6.38. The number of benzene rings is 2. The van der Waals surface area contributed by atoms with Crippen LogP contribution in [0.3, 0.4) is 0 Å². The minimum Gasteiger partial charge on any atom is -0.454 e. The molecule has 0 saturated carbocycles. The Hall–Kier alpha value is -4.62. The van der Waals surface area contributed by atoms with E-state index in [4.69, 9.17) is 14.0 Å². The average Bonchev–Trinajstić information content (AvgIpc) is 3.50. The van der Waals surface area contributed by atoms with Gasteiger partial charge in [-0.05, 0) is 31.5 Å². The number of aromatic nitrogens is 4. The number of carbonyl (C=O) groups is 1. The molecule has 38 heavy (non-hydrogen) atoms. The van der Waals surface area contributed by atoms with Gasteiger partial charge >= 0.3 is 11.9 Å². The van der Waals surface area contributed by atoms with E-state index < -0.39 is 41.1 Å². The molecule has 198 valence electrons. The fourth-order valence-corrected chi connectivity index (χ4v) is 4.16. The summed E-state index contributed by atoms with van der Waals surface area (Å²) in [6, 6.07) is 7.29. The SMILES string of the molecule is Cc1noc(CCCn2c(=O)c3cc4c(cc3n(CC(=O)Nc3ccccc3C(F)(F)F)c2=O)OCO4)n1. The van der Waals surface area contributed by atoms with Crippen LogP contribution in [0.25, 0.3) is 10.9 Å². The van der Waals surface area contributed by atoms with E-state index in [1.54, 1.807) is 6.92 Å². The van der Waals surface area contributed by atoms with Crippen LogP contribution < -0.4 is 26.0 Å². The number of anilines is 1. The lowest BCUT2D eigenvalue weighted by Crippen LogP contribution is -2.42. The second kappa shape index (κ2) is 9.68. The molecule has 14 heteroatoms. The zero-order chi connectivity index (χ0) is 27.0. The first-order valence-corrected chi connectivity index (χ1v) is 11.4. The molecule has 2 aromatic carbocycles. The van der Waals surface area contributed by atoms with Crippen LogP contribution in [0.4, 0.5) is 18.9 Å². The number of hydrogen-bond acceptors (Lipinski definition) is 8. The molecule has 0 fully saturated rings. The standard InChI is InChI=1S/C24H20F3N5O6/c1-13-28-21(38-30-13)7-4-8-31-22(34)14-9-18-19(37-12-36-18)10-17(14)32(23(31)35)11-20(33)29-16-6-3-2-5-15(16)24(25,26)27/h2-3,5-6,9-10H,4,7-8,11-12H2,1H3,(H,29,33). The number of aryl methyl sites for hydroxylation is 2. The molecule has 0 unspecified atom stereocenters. The number of para-hydroxylation sites is 1. The smallest absolute Gasteiger partial charge is 0.418 e. The molecule has 1 aliphatic heterocycles. The number of alkyl halides is 3. The number of amides is 1. The van der Waals surface area contributed by atoms with Gasteiger partial charge in [0, 0.05) is 19.0 Å². The summed E-state index contributed by atoms with van der Waals surface area (Å²) in [5.74, 6) is 0.435. The first kappa shape index (κ1) is 25.0. The largest absolute Gasteiger partial charge is 0.454 e. The van der Waals surface area contributed by atoms with E-state index in [0.717, 1.165) is 21.3 Å². The molecule has 2 aromatic heterocycles. The van der Waals surface area contributed by atoms with Crippen molar-refractivity contribution in [1.82, 2.24) is 19.3 Å². The fraction of sp³-hybridized carbons (Fsp3) is 0.292. The van der Waals surface area contributed by atoms with Gasteiger partial charge in [0.2, 0.25) is 18.6 Å². The number of fused-ring (bicyclic) bond motifs is 2. The normalized spacial score (nSPS) is 12.7. The summed E-state index contributed by atoms with van der Waals surface area (Å²) in [6.45, 7) is 0.858. The molecule has 1 N–H and O–H groups in total. The molecule has 0 radical (unpaired) electrons. The third-order valence-corrected chi connectivity index (χ3v) is 5.87. The molecule has 3 heterocycles. The van der Waals surface area contributed by atoms with Gasteiger partial charge in [0.1, 0.15) is 6.54 Å². The Morgan fingerprint density at radius 3 is 2.55 bits per heavy atom. The lowest BCUT2D eigenvalue weighted by atomic mass is 10.1. The van der Waals surface area contributed by atoms with Crippen LogP contribution in [0.5, 0.6) is 11.5 Å². The van der Waals surface area contributed by atoms with Gasteiger partial charge in [-0.1, -0.05) is 17.3 Å². The number of carbonyl (C=O) groups excluding carboxylic acids is 1. The van der Waals surface area contributed by atoms with Crippen molar-refractivity contribution in [3.8, 4) is 11.5 Å². The summed E-state index contributed by atoms with van der Waals surface area (Å²) in [5.41, 5.74) is -2.85. The van der Waals surface area contributed by atoms with E-state index >= 15 is 0 Å². The average molecular weight is 531 g/mol. The quantitative estimate of drug-likeness (QED) is 0.385. The van der Waals surface area contributed by atoms with E-state index in [1.165, 1.54) is 24.3 Å². The van der Waals surface area contributed by atoms with Crippen LogP contribution in [-0.4, -0.2) is 32.0 Å². The Morgan fingerprint density at radius 1 is 1.11 bits per heavy atom. The molecule has 0 atom stereocenters. The van der Waals surface area contributed by atoms with E-state index in [2.05, 4.69) is 15.5 Å². The highest BCUT2D eigenvalue weighted by Gasteiger charge is 2.33. The molecule has 1 aliphatic rings. The molecule has 5 rings (SSSR count). The summed E-state index contributed by atoms with van der Waals surface area (Å²) in [7, 11) is 0. The minimum absolute atomic E-state index is 0.0397. The summed E-state index contributed by atoms with van der Waals surface area (Å²) in [6.07, 6.45) is -4.12. The highest BCUT2D eigenvalue weighted by atomic mass is 19.4. The van der Waals surface area contributed by atoms with Crippen molar-refractivity contribution in [2.45, 2.75) is 39.0 Å². The zero-order valence-corrected chi connectivity index (χ0v) is 19.9. The van der Waals surface area contributed by atoms with Crippen LogP contribution in [0.15, 0.2) is 50.5 Å². The number of rotatable bonds is 7. The van der Waals surface area contributed by atoms with Crippen LogP contribution in [-0.2, 0) is 30.5 Å². The molecule has 0 bridgehead atoms. The van der Waals surface area contributed by atoms with E-state index in [1.807, 2.05) is 0 Å². The van der Waals surface area contributed by atoms with E-state index in [9.17, 15) is 27.6 Å². The number of nitrogens with zero attached hydrogens (tertiary/aromatic N) is 4. The number of halogens is 3. The third-order valence-electron chi connectivity index (χ3n) is 5.87. The predicted molar refractivity (Wildman–Crippen MR) is 126 cm³/mol. The van der Waals surface area contributed by atoms with Gasteiger partial charge in [0.25, 0.3) is 5.56 Å². The molecular weight excluding hydrogens is 511 g/mol. The first-order chi connectivity index (χ1) is 18.1. The zero-order valence-electron chi connectivity index (χ0n) is 19.9. The summed E-state index contributed by atoms with van der Waals surface area (Å²) >= 11 is 0. The second-order valence-corrected chi connectivity index (χ2v) is 8.48. The predicted octanol–water partition coefficient (Wildman–Crippen LogP) is 2.87. The van der Waals surface area contributed by atoms with Gasteiger partial charge in [-0.3, -0.25) is 18.7 Å². The highest BCUT2D eigenvalue weighted by Crippen LogP contribution is 2.36. The van der Waals surface area contributed by atoms with Gasteiger partial charge < -0.3 is 19.3 Å². The fourth-order valence-electron chi connectivity index (χ4n) is 4.16. The van der Waals surface area contributed by atoms with Gasteiger partial charge in [-0.2, -0.15) is 18.2 Å². The van der Waals surface area contributed by atoms with E-state index in [0.29, 0.717) is 18.1 Å². The molecule has 0 aliphatic carbocycles. The molecule has 11 nitrogen and oxygen atoms in total. The maximum absolute atomic E-state index is 13.4. The lowest BCUT2D eigenvalue weighted by molar-refractivity contribution is -0.137. The van der Waals surface area contributed by atoms with Crippen molar-refractivity contribution in [2.24, 2.45) is 0 Å². The Balaban J connectivity index is 1.51. The minimum atomic E-state index is -4.70. The second-order valence-electron chi connectivity index (χ2n) is 8.48. The van der Waals surface area contributed by atoms with Crippen LogP contribution in [0, 0.1) is 6.92 Å². The van der Waals surface area contributed by atoms with Gasteiger partial charge in [0.05, 0.1) is 22.2 Å². The van der Waals surface area contributed by atoms with Crippen LogP contribution >= 0.6 is 0 Å². The maximum atomic E-state index is 13.4. The van der Waals surface area contributed by atoms with Crippen molar-refractivity contribution in [1.29, 1.82) is 0 Å². The summed E-state index contributed by atoms with van der Waals surface area (Å²) < 4.78 is 57.9. The first-order valence-electron chi connectivity index (χ1n) is 11.4. The number of ether oxygens (including phenoxy) is 2. The van der Waals surface area contributed by atoms with Crippen molar-refractivity contribution < 1.29 is 32.0 Å². The molecule has 4 aromatic rings. The lowest BCUT2D eigenvalue weighted by Gasteiger charge is -2.16. The molecule has 0 spiro atoms. The summed E-state index contributed by atoms with van der Waals surface area (Å²) in [4.78, 5) is 43.6. The van der Waals surface area contributed by atoms with Crippen molar-refractivity contribution in [3.05, 3.63) is 74.5 Å². The molecule has 0 saturated heterocycles. The number of hydrogen-bond donors (Lipinski definition) is 1. The van der Waals surface area contributed by atoms with E-state index in [-0.39, 0.29) is 42.2 Å². The van der Waals surface area contributed by atoms with Crippen molar-refractivity contribution >= 4 is 22.5 Å². The Labute approximate surface area is 211 Å². The van der Waals surface area contributed by atoms with Gasteiger partial charge in [0.15, 0.2) is 17.3 Å². The maximum Gasteiger partial charge on any atom is 0.418 e. The summed E-state index contributed by atoms with van der Waals surface area (Å²) in [5, 5.41) is 5.99. The Morgan fingerprint density at radius 2 is 1.84 bits per heavy atom. The van der Waals surface area contributed by atoms with Crippen LogP contribution in [0.1, 0.15) is 23.7 Å². The highest BCUT2D eigenvalue weighted by molar-refractivity contribution is 5.93. The van der Waals surface area contributed by atoms with Gasteiger partial charge in [-0.25, -0.2) is 4.79 Å². The monoisotopic (exact) mass is 531 g/mol. The van der Waals surface area contributed by atoms with Crippen LogP contribution in [0.2, 0.25) is 0 Å².